The first-order valence-corrected chi connectivity index (χ1v) is 9.35. The van der Waals surface area contributed by atoms with Crippen molar-refractivity contribution < 1.29 is 0 Å². The maximum absolute atomic E-state index is 5.95. The van der Waals surface area contributed by atoms with Gasteiger partial charge in [0.15, 0.2) is 0 Å². The molecule has 0 aliphatic carbocycles. The van der Waals surface area contributed by atoms with Gasteiger partial charge >= 0.3 is 0 Å². The van der Waals surface area contributed by atoms with Crippen LogP contribution in [-0.2, 0) is 0 Å². The lowest BCUT2D eigenvalue weighted by Gasteiger charge is -2.30. The molecule has 2 N–H and O–H groups in total. The molecule has 2 heterocycles. The molecule has 5 heteroatoms. The third-order valence-electron chi connectivity index (χ3n) is 5.16. The Balaban J connectivity index is 2.08. The van der Waals surface area contributed by atoms with Crippen molar-refractivity contribution in [3.8, 4) is 0 Å². The van der Waals surface area contributed by atoms with Gasteiger partial charge in [-0.15, -0.1) is 10.2 Å². The molecule has 0 spiro atoms. The second-order valence-corrected chi connectivity index (χ2v) is 7.53. The molecule has 0 bridgehead atoms. The fourth-order valence-electron chi connectivity index (χ4n) is 3.83. The summed E-state index contributed by atoms with van der Waals surface area (Å²) in [5, 5.41) is 8.76. The summed E-state index contributed by atoms with van der Waals surface area (Å²) in [6, 6.07) is 1.48. The lowest BCUT2D eigenvalue weighted by atomic mass is 10.0. The molecule has 1 aromatic heterocycles. The second kappa shape index (κ2) is 8.25. The SMILES string of the molecule is CCC(CC1CCCN1CC[C@@H](C)N)n1c(C)nnc1C(C)C. The highest BCUT2D eigenvalue weighted by molar-refractivity contribution is 5.02. The van der Waals surface area contributed by atoms with Gasteiger partial charge in [0, 0.05) is 24.0 Å². The Bertz CT molecular complexity index is 480. The molecule has 2 unspecified atom stereocenters. The van der Waals surface area contributed by atoms with Gasteiger partial charge in [-0.1, -0.05) is 20.8 Å². The Morgan fingerprint density at radius 1 is 1.26 bits per heavy atom. The van der Waals surface area contributed by atoms with Crippen LogP contribution < -0.4 is 5.73 Å². The fourth-order valence-corrected chi connectivity index (χ4v) is 3.83. The monoisotopic (exact) mass is 321 g/mol. The Kier molecular flexibility index (Phi) is 6.60. The normalized spacial score (nSPS) is 22.0. The van der Waals surface area contributed by atoms with E-state index >= 15 is 0 Å². The summed E-state index contributed by atoms with van der Waals surface area (Å²) in [6.45, 7) is 13.3. The maximum Gasteiger partial charge on any atom is 0.135 e. The van der Waals surface area contributed by atoms with Gasteiger partial charge in [-0.05, 0) is 59.0 Å². The molecule has 5 nitrogen and oxygen atoms in total. The van der Waals surface area contributed by atoms with E-state index in [0.29, 0.717) is 24.0 Å². The third kappa shape index (κ3) is 4.54. The third-order valence-corrected chi connectivity index (χ3v) is 5.16. The average molecular weight is 322 g/mol. The summed E-state index contributed by atoms with van der Waals surface area (Å²) in [5.41, 5.74) is 5.95. The summed E-state index contributed by atoms with van der Waals surface area (Å²) >= 11 is 0. The Morgan fingerprint density at radius 3 is 2.61 bits per heavy atom. The number of hydrogen-bond acceptors (Lipinski definition) is 4. The zero-order chi connectivity index (χ0) is 17.0. The molecule has 23 heavy (non-hydrogen) atoms. The summed E-state index contributed by atoms with van der Waals surface area (Å²) in [6.07, 6.45) is 6.06. The van der Waals surface area contributed by atoms with E-state index in [4.69, 9.17) is 5.73 Å². The van der Waals surface area contributed by atoms with Crippen molar-refractivity contribution in [2.75, 3.05) is 13.1 Å². The van der Waals surface area contributed by atoms with Gasteiger partial charge < -0.3 is 15.2 Å². The van der Waals surface area contributed by atoms with Crippen LogP contribution in [0.1, 0.15) is 83.4 Å². The molecular formula is C18H35N5. The van der Waals surface area contributed by atoms with Gasteiger partial charge in [0.2, 0.25) is 0 Å². The van der Waals surface area contributed by atoms with E-state index in [2.05, 4.69) is 54.3 Å². The highest BCUT2D eigenvalue weighted by Gasteiger charge is 2.29. The Labute approximate surface area is 141 Å². The van der Waals surface area contributed by atoms with Gasteiger partial charge in [0.05, 0.1) is 0 Å². The van der Waals surface area contributed by atoms with Crippen molar-refractivity contribution >= 4 is 0 Å². The number of hydrogen-bond donors (Lipinski definition) is 1. The van der Waals surface area contributed by atoms with Crippen LogP contribution in [0.25, 0.3) is 0 Å². The molecule has 1 aliphatic rings. The van der Waals surface area contributed by atoms with E-state index in [9.17, 15) is 0 Å². The first-order valence-electron chi connectivity index (χ1n) is 9.35. The molecule has 1 fully saturated rings. The number of likely N-dealkylation sites (tertiary alicyclic amines) is 1. The van der Waals surface area contributed by atoms with E-state index in [1.54, 1.807) is 0 Å². The van der Waals surface area contributed by atoms with Crippen LogP contribution in [0.3, 0.4) is 0 Å². The van der Waals surface area contributed by atoms with E-state index in [-0.39, 0.29) is 0 Å². The van der Waals surface area contributed by atoms with Crippen LogP contribution in [0.5, 0.6) is 0 Å². The number of aromatic nitrogens is 3. The zero-order valence-corrected chi connectivity index (χ0v) is 15.6. The van der Waals surface area contributed by atoms with E-state index in [1.807, 2.05) is 0 Å². The van der Waals surface area contributed by atoms with Crippen molar-refractivity contribution in [2.45, 2.75) is 90.8 Å². The van der Waals surface area contributed by atoms with Crippen LogP contribution in [0.4, 0.5) is 0 Å². The topological polar surface area (TPSA) is 60.0 Å². The maximum atomic E-state index is 5.95. The molecule has 0 aromatic carbocycles. The van der Waals surface area contributed by atoms with Gasteiger partial charge in [-0.2, -0.15) is 0 Å². The Morgan fingerprint density at radius 2 is 2.00 bits per heavy atom. The smallest absolute Gasteiger partial charge is 0.135 e. The molecular weight excluding hydrogens is 286 g/mol. The minimum atomic E-state index is 0.297. The Hall–Kier alpha value is -0.940. The predicted octanol–water partition coefficient (Wildman–Crippen LogP) is 3.25. The van der Waals surface area contributed by atoms with Crippen LogP contribution in [-0.4, -0.2) is 44.8 Å². The summed E-state index contributed by atoms with van der Waals surface area (Å²) in [5.74, 6) is 2.61. The van der Waals surface area contributed by atoms with E-state index in [1.165, 1.54) is 25.8 Å². The van der Waals surface area contributed by atoms with Gasteiger partial charge in [0.25, 0.3) is 0 Å². The summed E-state index contributed by atoms with van der Waals surface area (Å²) in [4.78, 5) is 2.65. The highest BCUT2D eigenvalue weighted by Crippen LogP contribution is 2.30. The number of nitrogens with zero attached hydrogens (tertiary/aromatic N) is 4. The second-order valence-electron chi connectivity index (χ2n) is 7.53. The first-order chi connectivity index (χ1) is 10.9. The molecule has 0 amide bonds. The quantitative estimate of drug-likeness (QED) is 0.798. The minimum absolute atomic E-state index is 0.297. The first kappa shape index (κ1) is 18.4. The average Bonchev–Trinajstić information content (AvgIpc) is 3.09. The minimum Gasteiger partial charge on any atom is -0.328 e. The van der Waals surface area contributed by atoms with Crippen LogP contribution >= 0.6 is 0 Å². The standard InChI is InChI=1S/C18H35N5/c1-6-16(23-15(5)20-21-18(23)13(2)3)12-17-8-7-10-22(17)11-9-14(4)19/h13-14,16-17H,6-12,19H2,1-5H3/t14-,16?,17?/m1/s1. The molecule has 3 atom stereocenters. The lowest BCUT2D eigenvalue weighted by molar-refractivity contribution is 0.209. The number of rotatable bonds is 8. The number of nitrogens with two attached hydrogens (primary N) is 1. The van der Waals surface area contributed by atoms with Crippen molar-refractivity contribution in [3.05, 3.63) is 11.6 Å². The molecule has 0 radical (unpaired) electrons. The largest absolute Gasteiger partial charge is 0.328 e. The lowest BCUT2D eigenvalue weighted by Crippen LogP contribution is -2.35. The van der Waals surface area contributed by atoms with Gasteiger partial charge in [-0.25, -0.2) is 0 Å². The van der Waals surface area contributed by atoms with Crippen molar-refractivity contribution in [1.82, 2.24) is 19.7 Å². The number of aryl methyl sites for hydroxylation is 1. The zero-order valence-electron chi connectivity index (χ0n) is 15.6. The van der Waals surface area contributed by atoms with E-state index < -0.39 is 0 Å². The van der Waals surface area contributed by atoms with Crippen molar-refractivity contribution in [2.24, 2.45) is 5.73 Å². The van der Waals surface area contributed by atoms with Gasteiger partial charge in [-0.3, -0.25) is 0 Å². The van der Waals surface area contributed by atoms with E-state index in [0.717, 1.165) is 31.0 Å². The van der Waals surface area contributed by atoms with Gasteiger partial charge in [0.1, 0.15) is 11.6 Å². The molecule has 2 rings (SSSR count). The van der Waals surface area contributed by atoms with Crippen LogP contribution in [0.2, 0.25) is 0 Å². The molecule has 132 valence electrons. The fraction of sp³-hybridized carbons (Fsp3) is 0.889. The highest BCUT2D eigenvalue weighted by atomic mass is 15.3. The molecule has 0 saturated carbocycles. The van der Waals surface area contributed by atoms with Crippen LogP contribution in [0, 0.1) is 6.92 Å². The predicted molar refractivity (Wildman–Crippen MR) is 95.7 cm³/mol. The summed E-state index contributed by atoms with van der Waals surface area (Å²) < 4.78 is 2.40. The van der Waals surface area contributed by atoms with Crippen molar-refractivity contribution in [1.29, 1.82) is 0 Å². The van der Waals surface area contributed by atoms with Crippen LogP contribution in [0.15, 0.2) is 0 Å². The molecule has 1 aliphatic heterocycles. The van der Waals surface area contributed by atoms with Crippen molar-refractivity contribution in [3.63, 3.8) is 0 Å². The summed E-state index contributed by atoms with van der Waals surface area (Å²) in [7, 11) is 0. The molecule has 1 saturated heterocycles. The molecule has 1 aromatic rings.